The summed E-state index contributed by atoms with van der Waals surface area (Å²) in [5.74, 6) is 0.912. The van der Waals surface area contributed by atoms with Crippen molar-refractivity contribution < 1.29 is 0 Å². The second-order valence-electron chi connectivity index (χ2n) is 5.68. The van der Waals surface area contributed by atoms with Gasteiger partial charge in [-0.3, -0.25) is 0 Å². The van der Waals surface area contributed by atoms with Crippen LogP contribution in [0, 0.1) is 5.92 Å². The molecular weight excluding hydrogens is 218 g/mol. The van der Waals surface area contributed by atoms with Gasteiger partial charge < -0.3 is 0 Å². The van der Waals surface area contributed by atoms with E-state index in [1.165, 1.54) is 63.7 Å². The molecule has 1 aliphatic rings. The molecule has 0 bridgehead atoms. The van der Waals surface area contributed by atoms with Crippen LogP contribution in [0.3, 0.4) is 0 Å². The summed E-state index contributed by atoms with van der Waals surface area (Å²) in [5.41, 5.74) is 1.52. The zero-order valence-electron chi connectivity index (χ0n) is 11.8. The van der Waals surface area contributed by atoms with Crippen molar-refractivity contribution in [2.75, 3.05) is 19.6 Å². The van der Waals surface area contributed by atoms with Gasteiger partial charge in [0.15, 0.2) is 0 Å². The lowest BCUT2D eigenvalue weighted by atomic mass is 9.90. The van der Waals surface area contributed by atoms with E-state index in [1.807, 2.05) is 0 Å². The minimum atomic E-state index is 0.912. The summed E-state index contributed by atoms with van der Waals surface area (Å²) in [5, 5.41) is 0. The van der Waals surface area contributed by atoms with Crippen LogP contribution in [0.2, 0.25) is 0 Å². The van der Waals surface area contributed by atoms with Crippen LogP contribution < -0.4 is 4.90 Å². The van der Waals surface area contributed by atoms with Gasteiger partial charge in [-0.15, -0.1) is 0 Å². The molecule has 1 nitrogen and oxygen atoms in total. The van der Waals surface area contributed by atoms with Crippen LogP contribution in [0.4, 0.5) is 0 Å². The minimum absolute atomic E-state index is 0.912. The number of hydrogen-bond acceptors (Lipinski definition) is 1. The largest absolute Gasteiger partial charge is 0.170 e. The number of rotatable bonds is 6. The Morgan fingerprint density at radius 2 is 1.78 bits per heavy atom. The minimum Gasteiger partial charge on any atom is -0.170 e. The van der Waals surface area contributed by atoms with E-state index < -0.39 is 0 Å². The van der Waals surface area contributed by atoms with Crippen LogP contribution in [-0.2, 0) is 6.42 Å². The molecular formula is C17H27N+. The van der Waals surface area contributed by atoms with E-state index in [4.69, 9.17) is 0 Å². The van der Waals surface area contributed by atoms with Gasteiger partial charge in [0.1, 0.15) is 19.6 Å². The molecule has 0 unspecified atom stereocenters. The highest BCUT2D eigenvalue weighted by Gasteiger charge is 2.25. The molecule has 0 atom stereocenters. The highest BCUT2D eigenvalue weighted by molar-refractivity contribution is 5.15. The molecule has 0 aromatic heterocycles. The molecule has 0 amide bonds. The Hall–Kier alpha value is -0.820. The number of nitrogens with zero attached hydrogens (tertiary/aromatic N) is 1. The normalized spacial score (nSPS) is 18.1. The lowest BCUT2D eigenvalue weighted by Gasteiger charge is -2.24. The maximum Gasteiger partial charge on any atom is 0.123 e. The van der Waals surface area contributed by atoms with Crippen molar-refractivity contribution in [2.24, 2.45) is 5.92 Å². The van der Waals surface area contributed by atoms with Gasteiger partial charge in [-0.1, -0.05) is 43.7 Å². The Bertz CT molecular complexity index is 312. The van der Waals surface area contributed by atoms with E-state index in [-0.39, 0.29) is 0 Å². The lowest BCUT2D eigenvalue weighted by molar-refractivity contribution is 0.267. The number of benzene rings is 1. The van der Waals surface area contributed by atoms with Crippen LogP contribution in [0.1, 0.15) is 44.6 Å². The van der Waals surface area contributed by atoms with Crippen LogP contribution in [0.25, 0.3) is 0 Å². The van der Waals surface area contributed by atoms with Crippen molar-refractivity contribution in [3.63, 3.8) is 0 Å². The summed E-state index contributed by atoms with van der Waals surface area (Å²) in [6.45, 7) is 6.25. The van der Waals surface area contributed by atoms with Crippen molar-refractivity contribution in [3.8, 4) is 0 Å². The standard InChI is InChI=1S/C17H27N/c1-2-3-7-12-18-13-10-17(11-14-18)15-16-8-5-4-6-9-16/h4-6,8-9,17H,2-3,7,10-15H2,1H3/q+1. The third kappa shape index (κ3) is 4.45. The van der Waals surface area contributed by atoms with E-state index in [1.54, 1.807) is 0 Å². The number of hydrogen-bond donors (Lipinski definition) is 0. The third-order valence-electron chi connectivity index (χ3n) is 4.15. The predicted molar refractivity (Wildman–Crippen MR) is 79.1 cm³/mol. The van der Waals surface area contributed by atoms with E-state index in [2.05, 4.69) is 42.2 Å². The van der Waals surface area contributed by atoms with Gasteiger partial charge in [0, 0.05) is 19.3 Å². The predicted octanol–water partition coefficient (Wildman–Crippen LogP) is 3.97. The molecule has 1 aliphatic heterocycles. The van der Waals surface area contributed by atoms with Gasteiger partial charge in [0.2, 0.25) is 0 Å². The Labute approximate surface area is 112 Å². The Balaban J connectivity index is 1.67. The first-order chi connectivity index (χ1) is 8.88. The van der Waals surface area contributed by atoms with Crippen LogP contribution in [0.5, 0.6) is 0 Å². The van der Waals surface area contributed by atoms with E-state index in [0.29, 0.717) is 0 Å². The van der Waals surface area contributed by atoms with Crippen molar-refractivity contribution in [1.82, 2.24) is 4.90 Å². The summed E-state index contributed by atoms with van der Waals surface area (Å²) >= 11 is 0. The monoisotopic (exact) mass is 245 g/mol. The molecule has 1 saturated heterocycles. The first-order valence-electron chi connectivity index (χ1n) is 7.64. The molecule has 1 heteroatoms. The van der Waals surface area contributed by atoms with Gasteiger partial charge in [-0.2, -0.15) is 4.90 Å². The van der Waals surface area contributed by atoms with Crippen molar-refractivity contribution in [1.29, 1.82) is 0 Å². The van der Waals surface area contributed by atoms with Gasteiger partial charge >= 0.3 is 0 Å². The lowest BCUT2D eigenvalue weighted by Crippen LogP contribution is -2.39. The molecule has 0 spiro atoms. The Kier molecular flexibility index (Phi) is 5.73. The van der Waals surface area contributed by atoms with Gasteiger partial charge in [0.05, 0.1) is 0 Å². The summed E-state index contributed by atoms with van der Waals surface area (Å²) in [4.78, 5) is 2.66. The summed E-state index contributed by atoms with van der Waals surface area (Å²) in [6, 6.07) is 11.0. The Morgan fingerprint density at radius 1 is 1.06 bits per heavy atom. The SMILES string of the molecule is CCCCC[N+]1CCC(Cc2ccccc2)CC1. The molecule has 1 fully saturated rings. The molecule has 1 aromatic carbocycles. The average Bonchev–Trinajstić information content (AvgIpc) is 2.42. The molecule has 1 radical (unpaired) electrons. The van der Waals surface area contributed by atoms with Gasteiger partial charge in [0.25, 0.3) is 0 Å². The van der Waals surface area contributed by atoms with Crippen molar-refractivity contribution in [3.05, 3.63) is 35.9 Å². The molecule has 18 heavy (non-hydrogen) atoms. The molecule has 0 saturated carbocycles. The summed E-state index contributed by atoms with van der Waals surface area (Å²) in [6.07, 6.45) is 8.18. The summed E-state index contributed by atoms with van der Waals surface area (Å²) < 4.78 is 0. The molecule has 99 valence electrons. The average molecular weight is 245 g/mol. The molecule has 0 N–H and O–H groups in total. The highest BCUT2D eigenvalue weighted by Crippen LogP contribution is 2.20. The molecule has 1 heterocycles. The fraction of sp³-hybridized carbons (Fsp3) is 0.647. The van der Waals surface area contributed by atoms with E-state index in [9.17, 15) is 0 Å². The quantitative estimate of drug-likeness (QED) is 0.528. The third-order valence-corrected chi connectivity index (χ3v) is 4.15. The highest BCUT2D eigenvalue weighted by atomic mass is 15.1. The molecule has 0 aliphatic carbocycles. The van der Waals surface area contributed by atoms with Crippen LogP contribution >= 0.6 is 0 Å². The zero-order chi connectivity index (χ0) is 12.6. The van der Waals surface area contributed by atoms with E-state index >= 15 is 0 Å². The maximum atomic E-state index is 2.66. The van der Waals surface area contributed by atoms with Gasteiger partial charge in [-0.25, -0.2) is 0 Å². The molecule has 1 aromatic rings. The van der Waals surface area contributed by atoms with Crippen molar-refractivity contribution >= 4 is 0 Å². The van der Waals surface area contributed by atoms with Crippen LogP contribution in [0.15, 0.2) is 30.3 Å². The number of likely N-dealkylation sites (tertiary alicyclic amines) is 1. The topological polar surface area (TPSA) is 5.90 Å². The molecule has 2 rings (SSSR count). The first-order valence-corrected chi connectivity index (χ1v) is 7.64. The number of piperidine rings is 1. The van der Waals surface area contributed by atoms with Gasteiger partial charge in [-0.05, 0) is 24.3 Å². The number of unbranched alkanes of at least 4 members (excludes halogenated alkanes) is 2. The smallest absolute Gasteiger partial charge is 0.123 e. The van der Waals surface area contributed by atoms with Crippen LogP contribution in [-0.4, -0.2) is 19.6 Å². The fourth-order valence-electron chi connectivity index (χ4n) is 2.95. The fourth-order valence-corrected chi connectivity index (χ4v) is 2.95. The summed E-state index contributed by atoms with van der Waals surface area (Å²) in [7, 11) is 0. The van der Waals surface area contributed by atoms with Crippen molar-refractivity contribution in [2.45, 2.75) is 45.4 Å². The maximum absolute atomic E-state index is 2.66. The second kappa shape index (κ2) is 7.58. The Morgan fingerprint density at radius 3 is 2.44 bits per heavy atom. The zero-order valence-corrected chi connectivity index (χ0v) is 11.8. The first kappa shape index (κ1) is 13.6. The second-order valence-corrected chi connectivity index (χ2v) is 5.68. The van der Waals surface area contributed by atoms with E-state index in [0.717, 1.165) is 5.92 Å².